The predicted molar refractivity (Wildman–Crippen MR) is 73.8 cm³/mol. The molecule has 0 saturated carbocycles. The highest BCUT2D eigenvalue weighted by Crippen LogP contribution is 2.18. The Labute approximate surface area is 122 Å². The summed E-state index contributed by atoms with van der Waals surface area (Å²) >= 11 is 0. The third-order valence-corrected chi connectivity index (χ3v) is 2.23. The van der Waals surface area contributed by atoms with Gasteiger partial charge in [-0.3, -0.25) is 19.7 Å². The predicted octanol–water partition coefficient (Wildman–Crippen LogP) is 2.62. The Hall–Kier alpha value is -2.44. The number of benzene rings is 1. The van der Waals surface area contributed by atoms with Gasteiger partial charge in [0.15, 0.2) is 0 Å². The van der Waals surface area contributed by atoms with Crippen molar-refractivity contribution in [1.82, 2.24) is 0 Å². The Balaban J connectivity index is 2.43. The molecule has 0 atom stereocenters. The minimum Gasteiger partial charge on any atom is -0.460 e. The second-order valence-corrected chi connectivity index (χ2v) is 5.31. The zero-order valence-electron chi connectivity index (χ0n) is 12.1. The number of rotatable bonds is 5. The lowest BCUT2D eigenvalue weighted by Crippen LogP contribution is -2.24. The van der Waals surface area contributed by atoms with E-state index in [4.69, 9.17) is 9.47 Å². The van der Waals surface area contributed by atoms with Crippen LogP contribution in [0.5, 0.6) is 5.75 Å². The zero-order valence-corrected chi connectivity index (χ0v) is 12.1. The molecule has 0 spiro atoms. The Morgan fingerprint density at radius 1 is 1.10 bits per heavy atom. The molecule has 1 aromatic rings. The van der Waals surface area contributed by atoms with Crippen LogP contribution in [-0.2, 0) is 14.3 Å². The van der Waals surface area contributed by atoms with Gasteiger partial charge in [-0.2, -0.15) is 0 Å². The molecule has 0 N–H and O–H groups in total. The molecule has 7 heteroatoms. The Bertz CT molecular complexity index is 529. The van der Waals surface area contributed by atoms with Crippen LogP contribution in [0.1, 0.15) is 33.6 Å². The first kappa shape index (κ1) is 16.6. The van der Waals surface area contributed by atoms with Gasteiger partial charge in [0.2, 0.25) is 0 Å². The number of carbonyl (C=O) groups is 2. The van der Waals surface area contributed by atoms with Crippen LogP contribution in [0.15, 0.2) is 24.3 Å². The van der Waals surface area contributed by atoms with Crippen molar-refractivity contribution in [2.24, 2.45) is 0 Å². The van der Waals surface area contributed by atoms with Gasteiger partial charge in [-0.25, -0.2) is 0 Å². The van der Waals surface area contributed by atoms with Gasteiger partial charge in [-0.1, -0.05) is 0 Å². The average Bonchev–Trinajstić information content (AvgIpc) is 2.35. The van der Waals surface area contributed by atoms with E-state index in [2.05, 4.69) is 0 Å². The lowest BCUT2D eigenvalue weighted by Gasteiger charge is -2.19. The molecule has 0 aliphatic carbocycles. The van der Waals surface area contributed by atoms with E-state index in [9.17, 15) is 19.7 Å². The quantitative estimate of drug-likeness (QED) is 0.358. The molecule has 114 valence electrons. The molecule has 0 unspecified atom stereocenters. The summed E-state index contributed by atoms with van der Waals surface area (Å²) in [6.45, 7) is 5.21. The van der Waals surface area contributed by atoms with Crippen LogP contribution in [-0.4, -0.2) is 22.5 Å². The number of nitro groups is 1. The fraction of sp³-hybridized carbons (Fsp3) is 0.429. The summed E-state index contributed by atoms with van der Waals surface area (Å²) in [5.41, 5.74) is -0.692. The van der Waals surface area contributed by atoms with Crippen molar-refractivity contribution in [3.63, 3.8) is 0 Å². The summed E-state index contributed by atoms with van der Waals surface area (Å²) in [6, 6.07) is 5.11. The number of nitrogens with zero attached hydrogens (tertiary/aromatic N) is 1. The van der Waals surface area contributed by atoms with Crippen molar-refractivity contribution >= 4 is 17.6 Å². The van der Waals surface area contributed by atoms with Crippen LogP contribution in [0.3, 0.4) is 0 Å². The van der Waals surface area contributed by atoms with Gasteiger partial charge in [0.05, 0.1) is 17.8 Å². The normalized spacial score (nSPS) is 10.8. The van der Waals surface area contributed by atoms with Gasteiger partial charge in [-0.05, 0) is 32.9 Å². The second-order valence-electron chi connectivity index (χ2n) is 5.31. The molecule has 0 aliphatic rings. The number of nitro benzene ring substituents is 1. The van der Waals surface area contributed by atoms with Crippen molar-refractivity contribution < 1.29 is 24.0 Å². The van der Waals surface area contributed by atoms with E-state index in [1.54, 1.807) is 20.8 Å². The molecule has 0 aliphatic heterocycles. The topological polar surface area (TPSA) is 95.7 Å². The minimum absolute atomic E-state index is 0.0803. The van der Waals surface area contributed by atoms with E-state index in [0.717, 1.165) is 0 Å². The van der Waals surface area contributed by atoms with E-state index in [0.29, 0.717) is 0 Å². The van der Waals surface area contributed by atoms with E-state index >= 15 is 0 Å². The largest absolute Gasteiger partial charge is 0.460 e. The molecule has 0 bridgehead atoms. The fourth-order valence-electron chi connectivity index (χ4n) is 1.42. The standard InChI is InChI=1S/C14H17NO6/c1-14(2,3)21-13(17)9-8-12(16)20-11-6-4-10(5-7-11)15(18)19/h4-7H,8-9H2,1-3H3. The molecule has 0 amide bonds. The van der Waals surface area contributed by atoms with E-state index < -0.39 is 22.5 Å². The number of ether oxygens (including phenoxy) is 2. The maximum absolute atomic E-state index is 11.5. The maximum Gasteiger partial charge on any atom is 0.311 e. The van der Waals surface area contributed by atoms with E-state index in [1.807, 2.05) is 0 Å². The van der Waals surface area contributed by atoms with Crippen LogP contribution < -0.4 is 4.74 Å². The molecule has 0 heterocycles. The Kier molecular flexibility index (Phi) is 5.40. The van der Waals surface area contributed by atoms with Crippen molar-refractivity contribution in [3.8, 4) is 5.75 Å². The molecule has 0 saturated heterocycles. The van der Waals surface area contributed by atoms with Crippen LogP contribution in [0.4, 0.5) is 5.69 Å². The molecular weight excluding hydrogens is 278 g/mol. The first-order valence-corrected chi connectivity index (χ1v) is 6.34. The maximum atomic E-state index is 11.5. The first-order valence-electron chi connectivity index (χ1n) is 6.34. The van der Waals surface area contributed by atoms with Crippen molar-refractivity contribution in [2.75, 3.05) is 0 Å². The van der Waals surface area contributed by atoms with Crippen molar-refractivity contribution in [1.29, 1.82) is 0 Å². The van der Waals surface area contributed by atoms with Gasteiger partial charge in [0.25, 0.3) is 5.69 Å². The number of non-ortho nitro benzene ring substituents is 1. The summed E-state index contributed by atoms with van der Waals surface area (Å²) in [5.74, 6) is -0.896. The SMILES string of the molecule is CC(C)(C)OC(=O)CCC(=O)Oc1ccc([N+](=O)[O-])cc1. The van der Waals surface area contributed by atoms with Crippen LogP contribution >= 0.6 is 0 Å². The van der Waals surface area contributed by atoms with Crippen molar-refractivity contribution in [2.45, 2.75) is 39.2 Å². The molecular formula is C14H17NO6. The third kappa shape index (κ3) is 6.51. The smallest absolute Gasteiger partial charge is 0.311 e. The van der Waals surface area contributed by atoms with Gasteiger partial charge in [-0.15, -0.1) is 0 Å². The average molecular weight is 295 g/mol. The van der Waals surface area contributed by atoms with E-state index in [1.165, 1.54) is 24.3 Å². The highest BCUT2D eigenvalue weighted by Gasteiger charge is 2.17. The summed E-state index contributed by atoms with van der Waals surface area (Å²) < 4.78 is 10.0. The zero-order chi connectivity index (χ0) is 16.0. The lowest BCUT2D eigenvalue weighted by atomic mass is 10.2. The molecule has 1 aromatic carbocycles. The highest BCUT2D eigenvalue weighted by atomic mass is 16.6. The number of hydrogen-bond acceptors (Lipinski definition) is 6. The Morgan fingerprint density at radius 2 is 1.62 bits per heavy atom. The van der Waals surface area contributed by atoms with Gasteiger partial charge in [0, 0.05) is 12.1 Å². The van der Waals surface area contributed by atoms with E-state index in [-0.39, 0.29) is 24.3 Å². The van der Waals surface area contributed by atoms with Gasteiger partial charge < -0.3 is 9.47 Å². The molecule has 7 nitrogen and oxygen atoms in total. The van der Waals surface area contributed by atoms with Crippen LogP contribution in [0, 0.1) is 10.1 Å². The number of carbonyl (C=O) groups excluding carboxylic acids is 2. The molecule has 1 rings (SSSR count). The highest BCUT2D eigenvalue weighted by molar-refractivity contribution is 5.79. The molecule has 21 heavy (non-hydrogen) atoms. The second kappa shape index (κ2) is 6.83. The summed E-state index contributed by atoms with van der Waals surface area (Å²) in [5, 5.41) is 10.5. The fourth-order valence-corrected chi connectivity index (χ4v) is 1.42. The van der Waals surface area contributed by atoms with Gasteiger partial charge >= 0.3 is 11.9 Å². The van der Waals surface area contributed by atoms with Gasteiger partial charge in [0.1, 0.15) is 11.4 Å². The number of esters is 2. The molecule has 0 aromatic heterocycles. The Morgan fingerprint density at radius 3 is 2.10 bits per heavy atom. The number of hydrogen-bond donors (Lipinski definition) is 0. The first-order chi connectivity index (χ1) is 9.67. The summed E-state index contributed by atoms with van der Waals surface area (Å²) in [6.07, 6.45) is -0.199. The monoisotopic (exact) mass is 295 g/mol. The minimum atomic E-state index is -0.602. The van der Waals surface area contributed by atoms with Crippen LogP contribution in [0.25, 0.3) is 0 Å². The van der Waals surface area contributed by atoms with Crippen LogP contribution in [0.2, 0.25) is 0 Å². The molecule has 0 radical (unpaired) electrons. The third-order valence-electron chi connectivity index (χ3n) is 2.23. The molecule has 0 fully saturated rings. The van der Waals surface area contributed by atoms with Crippen molar-refractivity contribution in [3.05, 3.63) is 34.4 Å². The lowest BCUT2D eigenvalue weighted by molar-refractivity contribution is -0.384. The summed E-state index contributed by atoms with van der Waals surface area (Å²) in [4.78, 5) is 32.9. The summed E-state index contributed by atoms with van der Waals surface area (Å²) in [7, 11) is 0.